The number of amides is 1. The summed E-state index contributed by atoms with van der Waals surface area (Å²) in [4.78, 5) is 21.9. The van der Waals surface area contributed by atoms with E-state index in [1.165, 1.54) is 12.8 Å². The average molecular weight is 348 g/mol. The van der Waals surface area contributed by atoms with E-state index >= 15 is 0 Å². The molecular formula is C19H32N4O2. The number of aromatic nitrogens is 2. The minimum Gasteiger partial charge on any atom is -0.342 e. The Labute approximate surface area is 150 Å². The van der Waals surface area contributed by atoms with Crippen molar-refractivity contribution in [2.75, 3.05) is 26.2 Å². The van der Waals surface area contributed by atoms with Crippen LogP contribution in [-0.2, 0) is 4.79 Å². The van der Waals surface area contributed by atoms with E-state index in [2.05, 4.69) is 40.7 Å². The molecule has 6 heteroatoms. The average Bonchev–Trinajstić information content (AvgIpc) is 2.97. The number of hydrogen-bond acceptors (Lipinski definition) is 5. The van der Waals surface area contributed by atoms with Crippen LogP contribution >= 0.6 is 0 Å². The number of piperidine rings is 1. The van der Waals surface area contributed by atoms with Crippen molar-refractivity contribution in [2.24, 2.45) is 5.92 Å². The number of carbonyl (C=O) groups excluding carboxylic acids is 1. The molecule has 1 amide bonds. The summed E-state index contributed by atoms with van der Waals surface area (Å²) in [7, 11) is 0. The Hall–Kier alpha value is -1.43. The standard InChI is InChI=1S/C19H32N4O2/c1-14(2)17-20-18(25-21-17)15(3)23-12-8-9-16(13-23)19(24)22-10-6-4-5-7-11-22/h14-16H,4-13H2,1-3H3/t15-,16+/m0/s1. The van der Waals surface area contributed by atoms with E-state index in [1.807, 2.05) is 0 Å². The van der Waals surface area contributed by atoms with Crippen LogP contribution in [0.25, 0.3) is 0 Å². The minimum absolute atomic E-state index is 0.0692. The first-order chi connectivity index (χ1) is 12.1. The largest absolute Gasteiger partial charge is 0.342 e. The van der Waals surface area contributed by atoms with Gasteiger partial charge < -0.3 is 9.42 Å². The first-order valence-electron chi connectivity index (χ1n) is 9.92. The van der Waals surface area contributed by atoms with Gasteiger partial charge in [-0.3, -0.25) is 9.69 Å². The fraction of sp³-hybridized carbons (Fsp3) is 0.842. The molecule has 2 fully saturated rings. The highest BCUT2D eigenvalue weighted by molar-refractivity contribution is 5.79. The molecule has 0 aromatic carbocycles. The lowest BCUT2D eigenvalue weighted by molar-refractivity contribution is -0.137. The molecule has 2 saturated heterocycles. The molecule has 0 unspecified atom stereocenters. The van der Waals surface area contributed by atoms with Crippen molar-refractivity contribution in [3.8, 4) is 0 Å². The Morgan fingerprint density at radius 1 is 1.08 bits per heavy atom. The molecule has 3 rings (SSSR count). The van der Waals surface area contributed by atoms with Gasteiger partial charge in [0, 0.05) is 25.6 Å². The summed E-state index contributed by atoms with van der Waals surface area (Å²) in [5.74, 6) is 2.17. The van der Waals surface area contributed by atoms with Crippen molar-refractivity contribution in [3.05, 3.63) is 11.7 Å². The summed E-state index contributed by atoms with van der Waals surface area (Å²) in [6.45, 7) is 9.90. The van der Waals surface area contributed by atoms with Crippen LogP contribution < -0.4 is 0 Å². The number of carbonyl (C=O) groups is 1. The fourth-order valence-electron chi connectivity index (χ4n) is 3.92. The van der Waals surface area contributed by atoms with Crippen LogP contribution in [-0.4, -0.2) is 52.0 Å². The normalized spacial score (nSPS) is 24.3. The van der Waals surface area contributed by atoms with Gasteiger partial charge in [-0.1, -0.05) is 31.8 Å². The number of likely N-dealkylation sites (tertiary alicyclic amines) is 2. The summed E-state index contributed by atoms with van der Waals surface area (Å²) in [5, 5.41) is 4.08. The summed E-state index contributed by atoms with van der Waals surface area (Å²) in [6.07, 6.45) is 6.87. The van der Waals surface area contributed by atoms with Crippen molar-refractivity contribution in [3.63, 3.8) is 0 Å². The van der Waals surface area contributed by atoms with Gasteiger partial charge in [-0.05, 0) is 39.2 Å². The Morgan fingerprint density at radius 3 is 2.44 bits per heavy atom. The van der Waals surface area contributed by atoms with Gasteiger partial charge in [-0.15, -0.1) is 0 Å². The SMILES string of the molecule is CC(C)c1noc([C@H](C)N2CCC[C@@H](C(=O)N3CCCCCC3)C2)n1. The molecule has 1 aromatic rings. The van der Waals surface area contributed by atoms with Crippen LogP contribution in [0, 0.1) is 5.92 Å². The van der Waals surface area contributed by atoms with E-state index in [9.17, 15) is 4.79 Å². The van der Waals surface area contributed by atoms with Crippen LogP contribution in [0.1, 0.15) is 83.0 Å². The van der Waals surface area contributed by atoms with E-state index in [1.54, 1.807) is 0 Å². The Morgan fingerprint density at radius 2 is 1.80 bits per heavy atom. The van der Waals surface area contributed by atoms with Crippen LogP contribution in [0.4, 0.5) is 0 Å². The van der Waals surface area contributed by atoms with Gasteiger partial charge in [0.15, 0.2) is 5.82 Å². The Kier molecular flexibility index (Phi) is 6.10. The molecule has 0 radical (unpaired) electrons. The topological polar surface area (TPSA) is 62.5 Å². The molecule has 0 spiro atoms. The monoisotopic (exact) mass is 348 g/mol. The maximum atomic E-state index is 13.0. The molecule has 0 aliphatic carbocycles. The molecule has 140 valence electrons. The third-order valence-corrected chi connectivity index (χ3v) is 5.60. The molecule has 0 N–H and O–H groups in total. The lowest BCUT2D eigenvalue weighted by Gasteiger charge is -2.36. The van der Waals surface area contributed by atoms with Gasteiger partial charge >= 0.3 is 0 Å². The molecule has 0 saturated carbocycles. The van der Waals surface area contributed by atoms with Crippen LogP contribution in [0.5, 0.6) is 0 Å². The van der Waals surface area contributed by atoms with Crippen molar-refractivity contribution >= 4 is 5.91 Å². The van der Waals surface area contributed by atoms with Crippen LogP contribution in [0.3, 0.4) is 0 Å². The maximum Gasteiger partial charge on any atom is 0.243 e. The van der Waals surface area contributed by atoms with E-state index in [0.717, 1.165) is 57.7 Å². The number of nitrogens with zero attached hydrogens (tertiary/aromatic N) is 4. The van der Waals surface area contributed by atoms with Gasteiger partial charge in [0.1, 0.15) is 0 Å². The first kappa shape index (κ1) is 18.4. The van der Waals surface area contributed by atoms with Gasteiger partial charge in [0.25, 0.3) is 0 Å². The molecular weight excluding hydrogens is 316 g/mol. The first-order valence-corrected chi connectivity index (χ1v) is 9.92. The molecule has 0 bridgehead atoms. The van der Waals surface area contributed by atoms with Crippen molar-refractivity contribution in [1.82, 2.24) is 19.9 Å². The lowest BCUT2D eigenvalue weighted by atomic mass is 9.95. The number of rotatable bonds is 4. The number of hydrogen-bond donors (Lipinski definition) is 0. The summed E-state index contributed by atoms with van der Waals surface area (Å²) < 4.78 is 5.47. The van der Waals surface area contributed by atoms with E-state index in [-0.39, 0.29) is 17.9 Å². The highest BCUT2D eigenvalue weighted by Gasteiger charge is 2.33. The third-order valence-electron chi connectivity index (χ3n) is 5.60. The summed E-state index contributed by atoms with van der Waals surface area (Å²) in [5.41, 5.74) is 0. The van der Waals surface area contributed by atoms with Gasteiger partial charge in [0.2, 0.25) is 11.8 Å². The second kappa shape index (κ2) is 8.30. The van der Waals surface area contributed by atoms with Crippen LogP contribution in [0.15, 0.2) is 4.52 Å². The van der Waals surface area contributed by atoms with Crippen molar-refractivity contribution in [2.45, 2.75) is 71.3 Å². The second-order valence-corrected chi connectivity index (χ2v) is 7.90. The maximum absolute atomic E-state index is 13.0. The Bertz CT molecular complexity index is 564. The summed E-state index contributed by atoms with van der Waals surface area (Å²) in [6, 6.07) is 0.0692. The highest BCUT2D eigenvalue weighted by atomic mass is 16.5. The van der Waals surface area contributed by atoms with Gasteiger partial charge in [0.05, 0.1) is 12.0 Å². The molecule has 3 heterocycles. The van der Waals surface area contributed by atoms with E-state index in [0.29, 0.717) is 11.8 Å². The Balaban J connectivity index is 1.62. The predicted molar refractivity (Wildman–Crippen MR) is 96.1 cm³/mol. The molecule has 25 heavy (non-hydrogen) atoms. The zero-order valence-electron chi connectivity index (χ0n) is 15.9. The molecule has 6 nitrogen and oxygen atoms in total. The third kappa shape index (κ3) is 4.40. The second-order valence-electron chi connectivity index (χ2n) is 7.90. The highest BCUT2D eigenvalue weighted by Crippen LogP contribution is 2.28. The van der Waals surface area contributed by atoms with Gasteiger partial charge in [-0.2, -0.15) is 4.98 Å². The van der Waals surface area contributed by atoms with E-state index in [4.69, 9.17) is 4.52 Å². The zero-order valence-corrected chi connectivity index (χ0v) is 15.9. The smallest absolute Gasteiger partial charge is 0.243 e. The van der Waals surface area contributed by atoms with E-state index < -0.39 is 0 Å². The van der Waals surface area contributed by atoms with Crippen molar-refractivity contribution < 1.29 is 9.32 Å². The molecule has 2 aliphatic heterocycles. The molecule has 2 aliphatic rings. The quantitative estimate of drug-likeness (QED) is 0.835. The molecule has 2 atom stereocenters. The minimum atomic E-state index is 0.0692. The molecule has 1 aromatic heterocycles. The predicted octanol–water partition coefficient (Wildman–Crippen LogP) is 3.37. The summed E-state index contributed by atoms with van der Waals surface area (Å²) >= 11 is 0. The van der Waals surface area contributed by atoms with Crippen molar-refractivity contribution in [1.29, 1.82) is 0 Å². The fourth-order valence-corrected chi connectivity index (χ4v) is 3.92. The zero-order chi connectivity index (χ0) is 17.8. The lowest BCUT2D eigenvalue weighted by Crippen LogP contribution is -2.45. The van der Waals surface area contributed by atoms with Crippen LogP contribution in [0.2, 0.25) is 0 Å². The van der Waals surface area contributed by atoms with Gasteiger partial charge in [-0.25, -0.2) is 0 Å².